The topological polar surface area (TPSA) is 59.1 Å². The van der Waals surface area contributed by atoms with Crippen molar-refractivity contribution in [1.29, 1.82) is 5.41 Å². The maximum atomic E-state index is 13.7. The minimum Gasteiger partial charge on any atom is -0.489 e. The van der Waals surface area contributed by atoms with Crippen LogP contribution in [0.15, 0.2) is 36.4 Å². The third kappa shape index (κ3) is 3.28. The first-order chi connectivity index (χ1) is 9.45. The highest BCUT2D eigenvalue weighted by molar-refractivity contribution is 5.94. The lowest BCUT2D eigenvalue weighted by atomic mass is 10.1. The molecule has 0 saturated carbocycles. The summed E-state index contributed by atoms with van der Waals surface area (Å²) in [6.45, 7) is -0.188. The Labute approximate surface area is 113 Å². The molecule has 20 heavy (non-hydrogen) atoms. The van der Waals surface area contributed by atoms with Gasteiger partial charge in [-0.2, -0.15) is 0 Å². The van der Waals surface area contributed by atoms with Crippen LogP contribution in [-0.4, -0.2) is 5.84 Å². The van der Waals surface area contributed by atoms with Crippen LogP contribution in [0.4, 0.5) is 13.2 Å². The van der Waals surface area contributed by atoms with Gasteiger partial charge in [-0.3, -0.25) is 5.41 Å². The summed E-state index contributed by atoms with van der Waals surface area (Å²) in [5.41, 5.74) is 5.68. The fourth-order valence-electron chi connectivity index (χ4n) is 1.60. The highest BCUT2D eigenvalue weighted by atomic mass is 19.1. The van der Waals surface area contributed by atoms with Crippen molar-refractivity contribution in [2.24, 2.45) is 5.73 Å². The molecule has 0 unspecified atom stereocenters. The fraction of sp³-hybridized carbons (Fsp3) is 0.0714. The number of nitrogen functional groups attached to an aromatic ring is 1. The zero-order valence-corrected chi connectivity index (χ0v) is 10.3. The van der Waals surface area contributed by atoms with Crippen molar-refractivity contribution in [3.63, 3.8) is 0 Å². The van der Waals surface area contributed by atoms with Gasteiger partial charge >= 0.3 is 0 Å². The zero-order chi connectivity index (χ0) is 14.7. The van der Waals surface area contributed by atoms with Gasteiger partial charge in [-0.25, -0.2) is 13.2 Å². The molecule has 0 aliphatic rings. The molecule has 0 aliphatic carbocycles. The Balaban J connectivity index is 2.12. The van der Waals surface area contributed by atoms with Gasteiger partial charge in [0, 0.05) is 29.3 Å². The summed E-state index contributed by atoms with van der Waals surface area (Å²) in [6.07, 6.45) is 0. The number of nitrogens with one attached hydrogen (secondary N) is 1. The molecule has 0 bridgehead atoms. The highest BCUT2D eigenvalue weighted by Gasteiger charge is 2.07. The summed E-state index contributed by atoms with van der Waals surface area (Å²) >= 11 is 0. The summed E-state index contributed by atoms with van der Waals surface area (Å²) < 4.78 is 44.7. The van der Waals surface area contributed by atoms with Gasteiger partial charge in [0.15, 0.2) is 0 Å². The predicted molar refractivity (Wildman–Crippen MR) is 68.1 cm³/mol. The Morgan fingerprint density at radius 3 is 2.25 bits per heavy atom. The van der Waals surface area contributed by atoms with E-state index in [1.807, 2.05) is 0 Å². The maximum absolute atomic E-state index is 13.7. The predicted octanol–water partition coefficient (Wildman–Crippen LogP) is 2.97. The van der Waals surface area contributed by atoms with Crippen molar-refractivity contribution in [3.05, 3.63) is 65.0 Å². The maximum Gasteiger partial charge on any atom is 0.130 e. The largest absolute Gasteiger partial charge is 0.489 e. The smallest absolute Gasteiger partial charge is 0.130 e. The van der Waals surface area contributed by atoms with E-state index in [4.69, 9.17) is 15.9 Å². The molecule has 0 amide bonds. The first kappa shape index (κ1) is 13.9. The van der Waals surface area contributed by atoms with Crippen LogP contribution < -0.4 is 10.5 Å². The second-order valence-electron chi connectivity index (χ2n) is 4.11. The molecule has 0 heterocycles. The Morgan fingerprint density at radius 1 is 1.05 bits per heavy atom. The van der Waals surface area contributed by atoms with E-state index in [9.17, 15) is 13.2 Å². The second-order valence-corrected chi connectivity index (χ2v) is 4.11. The van der Waals surface area contributed by atoms with Gasteiger partial charge in [-0.1, -0.05) is 12.1 Å². The standard InChI is InChI=1S/C14H11F3N2O/c15-10-4-11(16)6-12(5-10)20-7-9-2-1-8(14(18)19)3-13(9)17/h1-6H,7H2,(H3,18,19). The monoisotopic (exact) mass is 280 g/mol. The average molecular weight is 280 g/mol. The van der Waals surface area contributed by atoms with E-state index in [2.05, 4.69) is 0 Å². The van der Waals surface area contributed by atoms with Crippen molar-refractivity contribution in [3.8, 4) is 5.75 Å². The Hall–Kier alpha value is -2.50. The number of nitrogens with two attached hydrogens (primary N) is 1. The van der Waals surface area contributed by atoms with Crippen LogP contribution >= 0.6 is 0 Å². The first-order valence-corrected chi connectivity index (χ1v) is 5.67. The summed E-state index contributed by atoms with van der Waals surface area (Å²) in [6, 6.07) is 6.70. The minimum absolute atomic E-state index is 0.0301. The van der Waals surface area contributed by atoms with Gasteiger partial charge in [0.1, 0.15) is 35.6 Å². The number of halogens is 3. The van der Waals surface area contributed by atoms with Crippen LogP contribution in [0.2, 0.25) is 0 Å². The van der Waals surface area contributed by atoms with E-state index in [-0.39, 0.29) is 29.3 Å². The number of hydrogen-bond acceptors (Lipinski definition) is 2. The van der Waals surface area contributed by atoms with E-state index in [0.29, 0.717) is 0 Å². The van der Waals surface area contributed by atoms with Crippen molar-refractivity contribution in [1.82, 2.24) is 0 Å². The number of benzene rings is 2. The molecule has 0 atom stereocenters. The summed E-state index contributed by atoms with van der Waals surface area (Å²) in [7, 11) is 0. The molecule has 0 aromatic heterocycles. The molecule has 0 fully saturated rings. The fourth-order valence-corrected chi connectivity index (χ4v) is 1.60. The lowest BCUT2D eigenvalue weighted by molar-refractivity contribution is 0.296. The van der Waals surface area contributed by atoms with Crippen LogP contribution in [0.3, 0.4) is 0 Å². The van der Waals surface area contributed by atoms with Crippen molar-refractivity contribution in [2.75, 3.05) is 0 Å². The number of hydrogen-bond donors (Lipinski definition) is 2. The Bertz CT molecular complexity index is 639. The van der Waals surface area contributed by atoms with E-state index in [1.165, 1.54) is 12.1 Å². The summed E-state index contributed by atoms with van der Waals surface area (Å²) in [4.78, 5) is 0. The van der Waals surface area contributed by atoms with Gasteiger partial charge in [0.05, 0.1) is 0 Å². The molecule has 0 radical (unpaired) electrons. The molecular formula is C14H11F3N2O. The van der Waals surface area contributed by atoms with Crippen LogP contribution in [0.1, 0.15) is 11.1 Å². The molecule has 3 nitrogen and oxygen atoms in total. The van der Waals surface area contributed by atoms with Crippen LogP contribution in [0.25, 0.3) is 0 Å². The highest BCUT2D eigenvalue weighted by Crippen LogP contribution is 2.18. The third-order valence-corrected chi connectivity index (χ3v) is 2.59. The van der Waals surface area contributed by atoms with Gasteiger partial charge in [-0.15, -0.1) is 0 Å². The molecule has 0 aliphatic heterocycles. The van der Waals surface area contributed by atoms with E-state index < -0.39 is 17.5 Å². The van der Waals surface area contributed by atoms with E-state index >= 15 is 0 Å². The first-order valence-electron chi connectivity index (χ1n) is 5.67. The molecule has 104 valence electrons. The molecular weight excluding hydrogens is 269 g/mol. The average Bonchev–Trinajstić information content (AvgIpc) is 2.36. The molecule has 0 saturated heterocycles. The Kier molecular flexibility index (Phi) is 3.93. The summed E-state index contributed by atoms with van der Waals surface area (Å²) in [5.74, 6) is -2.42. The lowest BCUT2D eigenvalue weighted by Gasteiger charge is -2.08. The molecule has 0 spiro atoms. The van der Waals surface area contributed by atoms with Crippen molar-refractivity contribution >= 4 is 5.84 Å². The molecule has 2 aromatic rings. The van der Waals surface area contributed by atoms with Crippen LogP contribution in [0, 0.1) is 22.9 Å². The minimum atomic E-state index is -0.771. The lowest BCUT2D eigenvalue weighted by Crippen LogP contribution is -2.12. The third-order valence-electron chi connectivity index (χ3n) is 2.59. The van der Waals surface area contributed by atoms with Gasteiger partial charge in [0.2, 0.25) is 0 Å². The molecule has 3 N–H and O–H groups in total. The van der Waals surface area contributed by atoms with E-state index in [1.54, 1.807) is 0 Å². The van der Waals surface area contributed by atoms with Gasteiger partial charge in [0.25, 0.3) is 0 Å². The van der Waals surface area contributed by atoms with Crippen LogP contribution in [-0.2, 0) is 6.61 Å². The molecule has 2 rings (SSSR count). The number of amidine groups is 1. The SMILES string of the molecule is N=C(N)c1ccc(COc2cc(F)cc(F)c2)c(F)c1. The quantitative estimate of drug-likeness (QED) is 0.668. The van der Waals surface area contributed by atoms with Crippen molar-refractivity contribution < 1.29 is 17.9 Å². The zero-order valence-electron chi connectivity index (χ0n) is 10.3. The summed E-state index contributed by atoms with van der Waals surface area (Å²) in [5, 5.41) is 7.18. The van der Waals surface area contributed by atoms with Gasteiger partial charge < -0.3 is 10.5 Å². The number of ether oxygens (including phenoxy) is 1. The number of rotatable bonds is 4. The normalized spacial score (nSPS) is 10.3. The molecule has 6 heteroatoms. The molecule has 2 aromatic carbocycles. The van der Waals surface area contributed by atoms with E-state index in [0.717, 1.165) is 24.3 Å². The Morgan fingerprint density at radius 2 is 1.70 bits per heavy atom. The second kappa shape index (κ2) is 5.64. The van der Waals surface area contributed by atoms with Gasteiger partial charge in [-0.05, 0) is 6.07 Å². The van der Waals surface area contributed by atoms with Crippen molar-refractivity contribution in [2.45, 2.75) is 6.61 Å². The van der Waals surface area contributed by atoms with Crippen LogP contribution in [0.5, 0.6) is 5.75 Å².